The summed E-state index contributed by atoms with van der Waals surface area (Å²) in [4.78, 5) is 4.74. The van der Waals surface area contributed by atoms with Crippen molar-refractivity contribution >= 4 is 27.4 Å². The molecule has 1 aliphatic carbocycles. The molecule has 8 aromatic rings. The highest BCUT2D eigenvalue weighted by Crippen LogP contribution is 2.51. The van der Waals surface area contributed by atoms with Gasteiger partial charge in [-0.25, -0.2) is 9.67 Å². The lowest BCUT2D eigenvalue weighted by Crippen LogP contribution is -2.19. The third-order valence-electron chi connectivity index (χ3n) is 11.3. The zero-order chi connectivity index (χ0) is 38.2. The maximum atomic E-state index is 6.76. The van der Waals surface area contributed by atoms with Crippen LogP contribution >= 0.6 is 0 Å². The summed E-state index contributed by atoms with van der Waals surface area (Å²) in [6.45, 7) is 6.63. The van der Waals surface area contributed by atoms with Crippen molar-refractivity contribution in [3.63, 3.8) is 0 Å². The van der Waals surface area contributed by atoms with Gasteiger partial charge in [-0.05, 0) is 97.2 Å². The number of benzene rings is 5. The Bertz CT molecular complexity index is 2710. The summed E-state index contributed by atoms with van der Waals surface area (Å²) in [7, 11) is 1.68. The summed E-state index contributed by atoms with van der Waals surface area (Å²) in [5.74, 6) is 3.59. The number of ether oxygens (including phenoxy) is 2. The number of aromatic nitrogens is 4. The summed E-state index contributed by atoms with van der Waals surface area (Å²) < 4.78 is 16.7. The molecule has 0 radical (unpaired) electrons. The van der Waals surface area contributed by atoms with Crippen LogP contribution in [-0.2, 0) is 12.8 Å². The van der Waals surface area contributed by atoms with Crippen molar-refractivity contribution in [1.82, 2.24) is 19.3 Å². The molecule has 9 rings (SSSR count). The lowest BCUT2D eigenvalue weighted by Gasteiger charge is -2.34. The summed E-state index contributed by atoms with van der Waals surface area (Å²) in [6, 6.07) is 47.1. The summed E-state index contributed by atoms with van der Waals surface area (Å²) >= 11 is 0. The molecule has 0 aliphatic heterocycles. The molecule has 0 N–H and O–H groups in total. The maximum Gasteiger partial charge on any atom is 0.141 e. The van der Waals surface area contributed by atoms with E-state index in [2.05, 4.69) is 157 Å². The van der Waals surface area contributed by atoms with E-state index in [4.69, 9.17) is 19.6 Å². The van der Waals surface area contributed by atoms with Crippen LogP contribution in [0.2, 0.25) is 0 Å². The van der Waals surface area contributed by atoms with Gasteiger partial charge in [-0.15, -0.1) is 0 Å². The number of rotatable bonds is 10. The molecule has 6 heteroatoms. The summed E-state index contributed by atoms with van der Waals surface area (Å²) in [5.41, 5.74) is 12.1. The van der Waals surface area contributed by atoms with Crippen LogP contribution in [-0.4, -0.2) is 26.4 Å². The fourth-order valence-electron chi connectivity index (χ4n) is 8.92. The van der Waals surface area contributed by atoms with E-state index >= 15 is 0 Å². The first kappa shape index (κ1) is 35.3. The Morgan fingerprint density at radius 2 is 1.48 bits per heavy atom. The lowest BCUT2D eigenvalue weighted by atomic mass is 9.69. The Hall–Kier alpha value is -6.40. The molecule has 3 aromatic heterocycles. The van der Waals surface area contributed by atoms with Gasteiger partial charge < -0.3 is 9.47 Å². The van der Waals surface area contributed by atoms with Crippen molar-refractivity contribution in [3.05, 3.63) is 179 Å². The average molecular weight is 735 g/mol. The van der Waals surface area contributed by atoms with Gasteiger partial charge in [0, 0.05) is 52.3 Å². The van der Waals surface area contributed by atoms with Crippen molar-refractivity contribution in [2.24, 2.45) is 0 Å². The standard InChI is InChI=1S/C50H46N4O2/c1-5-44-50(49-40(34-16-9-7-10-17-34)21-15-22-41(49)35-18-11-8-12-19-35)45(6-2)54(52-44)36-28-33(3)29-39(30-36)56-38-24-25-43-42-20-13-14-23-46(42)53(47(43)31-38)48-32-37(55-4)26-27-51-48/h7-14,16-21,23-32,41,49H,5-6,15,22H2,1-4H3/t41-,49-/m1/s1. The molecular weight excluding hydrogens is 689 g/mol. The number of hydrogen-bond donors (Lipinski definition) is 0. The second kappa shape index (κ2) is 15.0. The molecular formula is C50H46N4O2. The number of hydrogen-bond acceptors (Lipinski definition) is 4. The zero-order valence-corrected chi connectivity index (χ0v) is 32.4. The molecule has 1 aliphatic rings. The van der Waals surface area contributed by atoms with Gasteiger partial charge in [-0.1, -0.05) is 98.8 Å². The van der Waals surface area contributed by atoms with E-state index < -0.39 is 0 Å². The molecule has 0 amide bonds. The second-order valence-electron chi connectivity index (χ2n) is 14.7. The molecule has 2 atom stereocenters. The molecule has 0 bridgehead atoms. The highest BCUT2D eigenvalue weighted by Gasteiger charge is 2.36. The topological polar surface area (TPSA) is 54.1 Å². The number of aryl methyl sites for hydroxylation is 2. The van der Waals surface area contributed by atoms with Gasteiger partial charge in [0.1, 0.15) is 23.1 Å². The number of allylic oxidation sites excluding steroid dienone is 2. The molecule has 0 fully saturated rings. The monoisotopic (exact) mass is 734 g/mol. The van der Waals surface area contributed by atoms with Gasteiger partial charge >= 0.3 is 0 Å². The summed E-state index contributed by atoms with van der Waals surface area (Å²) in [5, 5.41) is 7.71. The Balaban J connectivity index is 1.14. The molecule has 0 saturated carbocycles. The molecule has 3 heterocycles. The molecule has 0 unspecified atom stereocenters. The molecule has 0 saturated heterocycles. The lowest BCUT2D eigenvalue weighted by molar-refractivity contribution is 0.414. The van der Waals surface area contributed by atoms with E-state index in [1.165, 1.54) is 28.0 Å². The third kappa shape index (κ3) is 6.35. The largest absolute Gasteiger partial charge is 0.497 e. The van der Waals surface area contributed by atoms with Crippen molar-refractivity contribution in [1.29, 1.82) is 0 Å². The highest BCUT2D eigenvalue weighted by molar-refractivity contribution is 6.09. The fourth-order valence-corrected chi connectivity index (χ4v) is 8.92. The SMILES string of the molecule is CCc1nn(-c2cc(C)cc(Oc3ccc4c5ccccc5n(-c5cc(OC)ccn5)c4c3)c2)c(CC)c1[C@@H]1C(c2ccccc2)=CCC[C@@H]1c1ccccc1. The third-order valence-corrected chi connectivity index (χ3v) is 11.3. The summed E-state index contributed by atoms with van der Waals surface area (Å²) in [6.07, 6.45) is 8.12. The minimum atomic E-state index is 0.185. The first-order chi connectivity index (χ1) is 27.5. The Morgan fingerprint density at radius 1 is 0.714 bits per heavy atom. The normalized spacial score (nSPS) is 15.6. The molecule has 56 heavy (non-hydrogen) atoms. The predicted molar refractivity (Wildman–Crippen MR) is 228 cm³/mol. The second-order valence-corrected chi connectivity index (χ2v) is 14.7. The van der Waals surface area contributed by atoms with Gasteiger partial charge in [0.2, 0.25) is 0 Å². The first-order valence-corrected chi connectivity index (χ1v) is 19.8. The van der Waals surface area contributed by atoms with E-state index in [9.17, 15) is 0 Å². The van der Waals surface area contributed by atoms with Gasteiger partial charge in [0.15, 0.2) is 0 Å². The first-order valence-electron chi connectivity index (χ1n) is 19.8. The van der Waals surface area contributed by atoms with Crippen LogP contribution in [0.4, 0.5) is 0 Å². The van der Waals surface area contributed by atoms with Gasteiger partial charge in [0.05, 0.1) is 29.5 Å². The molecule has 0 spiro atoms. The minimum absolute atomic E-state index is 0.185. The van der Waals surface area contributed by atoms with E-state index in [1.807, 2.05) is 12.1 Å². The fraction of sp³-hybridized carbons (Fsp3) is 0.200. The quantitative estimate of drug-likeness (QED) is 0.140. The number of pyridine rings is 1. The highest BCUT2D eigenvalue weighted by atomic mass is 16.5. The van der Waals surface area contributed by atoms with Crippen LogP contribution in [0.5, 0.6) is 17.2 Å². The average Bonchev–Trinajstić information content (AvgIpc) is 3.79. The van der Waals surface area contributed by atoms with Crippen LogP contribution in [0.25, 0.3) is 38.9 Å². The predicted octanol–water partition coefficient (Wildman–Crippen LogP) is 12.3. The molecule has 6 nitrogen and oxygen atoms in total. The van der Waals surface area contributed by atoms with Crippen LogP contribution < -0.4 is 9.47 Å². The van der Waals surface area contributed by atoms with Crippen molar-refractivity contribution in [2.45, 2.75) is 58.3 Å². The van der Waals surface area contributed by atoms with Crippen LogP contribution in [0.1, 0.15) is 72.2 Å². The van der Waals surface area contributed by atoms with E-state index in [0.717, 1.165) is 87.5 Å². The minimum Gasteiger partial charge on any atom is -0.497 e. The molecule has 5 aromatic carbocycles. The van der Waals surface area contributed by atoms with Crippen molar-refractivity contribution in [2.75, 3.05) is 7.11 Å². The van der Waals surface area contributed by atoms with E-state index in [1.54, 1.807) is 13.3 Å². The number of methoxy groups -OCH3 is 1. The van der Waals surface area contributed by atoms with E-state index in [0.29, 0.717) is 5.92 Å². The van der Waals surface area contributed by atoms with Crippen LogP contribution in [0, 0.1) is 6.92 Å². The van der Waals surface area contributed by atoms with Crippen molar-refractivity contribution < 1.29 is 9.47 Å². The Labute approximate surface area is 328 Å². The van der Waals surface area contributed by atoms with Gasteiger partial charge in [-0.3, -0.25) is 4.57 Å². The van der Waals surface area contributed by atoms with Gasteiger partial charge in [0.25, 0.3) is 0 Å². The van der Waals surface area contributed by atoms with Crippen molar-refractivity contribution in [3.8, 4) is 28.8 Å². The van der Waals surface area contributed by atoms with Crippen LogP contribution in [0.3, 0.4) is 0 Å². The molecule has 278 valence electrons. The number of nitrogens with zero attached hydrogens (tertiary/aromatic N) is 4. The number of fused-ring (bicyclic) bond motifs is 3. The Morgan fingerprint density at radius 3 is 2.27 bits per heavy atom. The van der Waals surface area contributed by atoms with Crippen LogP contribution in [0.15, 0.2) is 146 Å². The number of para-hydroxylation sites is 1. The Kier molecular flexibility index (Phi) is 9.48. The van der Waals surface area contributed by atoms with E-state index in [-0.39, 0.29) is 5.92 Å². The van der Waals surface area contributed by atoms with Gasteiger partial charge in [-0.2, -0.15) is 5.10 Å². The maximum absolute atomic E-state index is 6.76. The smallest absolute Gasteiger partial charge is 0.141 e. The zero-order valence-electron chi connectivity index (χ0n) is 32.4.